The highest BCUT2D eigenvalue weighted by Crippen LogP contribution is 2.48. The lowest BCUT2D eigenvalue weighted by atomic mass is 9.95. The molecule has 0 spiro atoms. The minimum atomic E-state index is -2.64. The number of aromatic hydroxyl groups is 1. The van der Waals surface area contributed by atoms with Crippen molar-refractivity contribution in [1.29, 1.82) is 0 Å². The number of hydrogen-bond acceptors (Lipinski definition) is 10. The van der Waals surface area contributed by atoms with Crippen molar-refractivity contribution in [2.75, 3.05) is 19.6 Å². The van der Waals surface area contributed by atoms with Crippen molar-refractivity contribution in [3.05, 3.63) is 16.1 Å². The molecular weight excluding hydrogens is 496 g/mol. The van der Waals surface area contributed by atoms with Crippen molar-refractivity contribution in [3.8, 4) is 17.2 Å². The zero-order chi connectivity index (χ0) is 26.5. The smallest absolute Gasteiger partial charge is 0.344 e. The third kappa shape index (κ3) is 6.08. The molecule has 3 rings (SSSR count). The van der Waals surface area contributed by atoms with Gasteiger partial charge in [-0.3, -0.25) is 9.59 Å². The van der Waals surface area contributed by atoms with Crippen LogP contribution in [-0.2, 0) is 25.6 Å². The van der Waals surface area contributed by atoms with Crippen molar-refractivity contribution in [1.82, 2.24) is 10.4 Å². The van der Waals surface area contributed by atoms with Crippen molar-refractivity contribution in [2.45, 2.75) is 70.8 Å². The van der Waals surface area contributed by atoms with E-state index in [4.69, 9.17) is 21.1 Å². The van der Waals surface area contributed by atoms with Gasteiger partial charge in [-0.25, -0.2) is 9.59 Å². The summed E-state index contributed by atoms with van der Waals surface area (Å²) in [5, 5.41) is 21.4. The number of phenols is 1. The standard InChI is InChI=1S/C24H31ClN2O9/c1-3-5-9-27(10-6-4-2)11-7-8-14-19(30)17-21-18(25)20(14)34-15(28)12-24(33,23(32)35-21)13-16(29)36-26-22(17)31/h30,33H,3-13H2,1-2H3,(H,26,31). The van der Waals surface area contributed by atoms with Crippen molar-refractivity contribution >= 4 is 35.4 Å². The molecule has 0 saturated heterocycles. The van der Waals surface area contributed by atoms with Crippen LogP contribution in [0, 0.1) is 0 Å². The normalized spacial score (nSPS) is 19.8. The molecule has 1 amide bonds. The number of halogens is 1. The first-order chi connectivity index (χ1) is 17.1. The average Bonchev–Trinajstić information content (AvgIpc) is 2.85. The summed E-state index contributed by atoms with van der Waals surface area (Å²) in [4.78, 5) is 57.2. The summed E-state index contributed by atoms with van der Waals surface area (Å²) in [7, 11) is 0. The fourth-order valence-electron chi connectivity index (χ4n) is 4.15. The van der Waals surface area contributed by atoms with Gasteiger partial charge in [0.15, 0.2) is 17.1 Å². The highest BCUT2D eigenvalue weighted by Gasteiger charge is 2.47. The molecule has 3 N–H and O–H groups in total. The Morgan fingerprint density at radius 3 is 2.19 bits per heavy atom. The molecule has 3 bridgehead atoms. The molecule has 198 valence electrons. The largest absolute Gasteiger partial charge is 0.507 e. The van der Waals surface area contributed by atoms with Crippen LogP contribution in [0.4, 0.5) is 0 Å². The fraction of sp³-hybridized carbons (Fsp3) is 0.583. The van der Waals surface area contributed by atoms with Crippen LogP contribution in [0.3, 0.4) is 0 Å². The molecule has 0 fully saturated rings. The second-order valence-electron chi connectivity index (χ2n) is 8.98. The van der Waals surface area contributed by atoms with Gasteiger partial charge in [0.25, 0.3) is 5.91 Å². The topological polar surface area (TPSA) is 152 Å². The van der Waals surface area contributed by atoms with Gasteiger partial charge < -0.3 is 29.4 Å². The zero-order valence-electron chi connectivity index (χ0n) is 20.4. The molecule has 2 heterocycles. The minimum absolute atomic E-state index is 0.0558. The molecule has 0 aromatic heterocycles. The number of rotatable bonds is 10. The van der Waals surface area contributed by atoms with Gasteiger partial charge in [-0.2, -0.15) is 5.48 Å². The lowest BCUT2D eigenvalue weighted by molar-refractivity contribution is -0.171. The SMILES string of the molecule is CCCCN(CCCC)CCCc1c(O)c2c3c(Cl)c1OC(=O)CC(O)(CC(=O)ONC2=O)C(=O)O3. The Bertz CT molecular complexity index is 1040. The number of carbonyl (C=O) groups excluding carboxylic acids is 4. The molecular formula is C24H31ClN2O9. The van der Waals surface area contributed by atoms with Gasteiger partial charge in [0.05, 0.1) is 12.8 Å². The quantitative estimate of drug-likeness (QED) is 0.306. The van der Waals surface area contributed by atoms with Crippen LogP contribution in [0.5, 0.6) is 17.2 Å². The molecule has 1 aromatic rings. The summed E-state index contributed by atoms with van der Waals surface area (Å²) in [6.07, 6.45) is 2.94. The van der Waals surface area contributed by atoms with Crippen LogP contribution >= 0.6 is 11.6 Å². The number of phenolic OH excluding ortho intramolecular Hbond substituents is 1. The van der Waals surface area contributed by atoms with Crippen molar-refractivity contribution < 1.29 is 43.7 Å². The van der Waals surface area contributed by atoms with E-state index in [9.17, 15) is 29.4 Å². The van der Waals surface area contributed by atoms with Crippen LogP contribution < -0.4 is 15.0 Å². The molecule has 1 aromatic carbocycles. The predicted octanol–water partition coefficient (Wildman–Crippen LogP) is 2.42. The highest BCUT2D eigenvalue weighted by atomic mass is 35.5. The molecule has 1 unspecified atom stereocenters. The lowest BCUT2D eigenvalue weighted by Crippen LogP contribution is -2.47. The Kier molecular flexibility index (Phi) is 9.15. The Morgan fingerprint density at radius 2 is 1.56 bits per heavy atom. The van der Waals surface area contributed by atoms with Gasteiger partial charge >= 0.3 is 17.9 Å². The van der Waals surface area contributed by atoms with Crippen LogP contribution in [-0.4, -0.2) is 64.2 Å². The number of nitrogens with one attached hydrogen (secondary N) is 1. The molecule has 0 radical (unpaired) electrons. The average molecular weight is 527 g/mol. The first kappa shape index (κ1) is 27.7. The van der Waals surface area contributed by atoms with E-state index in [-0.39, 0.29) is 17.7 Å². The Morgan fingerprint density at radius 1 is 0.944 bits per heavy atom. The number of ether oxygens (including phenoxy) is 2. The molecule has 2 aliphatic rings. The summed E-state index contributed by atoms with van der Waals surface area (Å²) in [6, 6.07) is 0. The summed E-state index contributed by atoms with van der Waals surface area (Å²) in [5.74, 6) is -6.36. The fourth-order valence-corrected chi connectivity index (χ4v) is 4.43. The van der Waals surface area contributed by atoms with Crippen molar-refractivity contribution in [2.24, 2.45) is 0 Å². The molecule has 0 aliphatic carbocycles. The maximum absolute atomic E-state index is 12.8. The number of carbonyl (C=O) groups is 4. The third-order valence-electron chi connectivity index (χ3n) is 6.13. The van der Waals surface area contributed by atoms with Gasteiger partial charge in [0, 0.05) is 5.56 Å². The van der Waals surface area contributed by atoms with Gasteiger partial charge in [-0.1, -0.05) is 38.3 Å². The number of amides is 1. The Balaban J connectivity index is 2.02. The van der Waals surface area contributed by atoms with Gasteiger partial charge in [-0.15, -0.1) is 0 Å². The lowest BCUT2D eigenvalue weighted by Gasteiger charge is -2.25. The summed E-state index contributed by atoms with van der Waals surface area (Å²) >= 11 is 6.42. The van der Waals surface area contributed by atoms with E-state index in [2.05, 4.69) is 23.6 Å². The molecule has 12 heteroatoms. The molecule has 2 aliphatic heterocycles. The van der Waals surface area contributed by atoms with Crippen LogP contribution in [0.15, 0.2) is 0 Å². The molecule has 11 nitrogen and oxygen atoms in total. The van der Waals surface area contributed by atoms with Crippen LogP contribution in [0.25, 0.3) is 0 Å². The number of fused-ring (bicyclic) bond motifs is 3. The van der Waals surface area contributed by atoms with Gasteiger partial charge in [0.1, 0.15) is 16.3 Å². The molecule has 1 atom stereocenters. The number of esters is 2. The second-order valence-corrected chi connectivity index (χ2v) is 9.36. The number of hydrogen-bond donors (Lipinski definition) is 3. The van der Waals surface area contributed by atoms with E-state index >= 15 is 0 Å². The van der Waals surface area contributed by atoms with Gasteiger partial charge in [0.2, 0.25) is 0 Å². The number of unbranched alkanes of at least 4 members (excludes halogenated alkanes) is 2. The number of hydroxylamine groups is 1. The summed E-state index contributed by atoms with van der Waals surface area (Å²) in [5.41, 5.74) is -1.31. The first-order valence-electron chi connectivity index (χ1n) is 12.1. The minimum Gasteiger partial charge on any atom is -0.507 e. The Labute approximate surface area is 213 Å². The van der Waals surface area contributed by atoms with Crippen LogP contribution in [0.2, 0.25) is 5.02 Å². The van der Waals surface area contributed by atoms with E-state index in [0.717, 1.165) is 38.8 Å². The van der Waals surface area contributed by atoms with E-state index < -0.39 is 64.3 Å². The van der Waals surface area contributed by atoms with Gasteiger partial charge in [-0.05, 0) is 45.3 Å². The molecule has 0 saturated carbocycles. The Hall–Kier alpha value is -2.89. The van der Waals surface area contributed by atoms with E-state index in [1.54, 1.807) is 0 Å². The first-order valence-corrected chi connectivity index (χ1v) is 12.4. The number of nitrogens with zero attached hydrogens (tertiary/aromatic N) is 1. The zero-order valence-corrected chi connectivity index (χ0v) is 21.1. The predicted molar refractivity (Wildman–Crippen MR) is 127 cm³/mol. The number of benzene rings is 1. The molecule has 36 heavy (non-hydrogen) atoms. The maximum atomic E-state index is 12.8. The van der Waals surface area contributed by atoms with E-state index in [1.807, 2.05) is 5.48 Å². The van der Waals surface area contributed by atoms with E-state index in [1.165, 1.54) is 0 Å². The summed E-state index contributed by atoms with van der Waals surface area (Å²) in [6.45, 7) is 6.73. The summed E-state index contributed by atoms with van der Waals surface area (Å²) < 4.78 is 10.5. The highest BCUT2D eigenvalue weighted by molar-refractivity contribution is 6.35. The van der Waals surface area contributed by atoms with Crippen molar-refractivity contribution in [3.63, 3.8) is 0 Å². The third-order valence-corrected chi connectivity index (χ3v) is 6.47. The monoisotopic (exact) mass is 526 g/mol. The van der Waals surface area contributed by atoms with E-state index in [0.29, 0.717) is 13.0 Å². The second kappa shape index (κ2) is 11.9. The van der Waals surface area contributed by atoms with Crippen LogP contribution in [0.1, 0.15) is 74.7 Å². The number of aliphatic hydroxyl groups is 1. The maximum Gasteiger partial charge on any atom is 0.344 e.